The first-order valence-corrected chi connectivity index (χ1v) is 8.08. The molecule has 2 aliphatic rings. The van der Waals surface area contributed by atoms with Gasteiger partial charge in [0.15, 0.2) is 0 Å². The van der Waals surface area contributed by atoms with Gasteiger partial charge in [0.1, 0.15) is 0 Å². The third-order valence-corrected chi connectivity index (χ3v) is 4.58. The normalized spacial score (nSPS) is 40.3. The predicted molar refractivity (Wildman–Crippen MR) is 74.8 cm³/mol. The zero-order chi connectivity index (χ0) is 12.8. The van der Waals surface area contributed by atoms with Crippen LogP contribution in [0.4, 0.5) is 0 Å². The quantitative estimate of drug-likeness (QED) is 0.635. The Balaban J connectivity index is 1.88. The molecule has 0 aromatic rings. The minimum Gasteiger partial charge on any atom is -0.370 e. The van der Waals surface area contributed by atoms with Crippen molar-refractivity contribution in [3.8, 4) is 0 Å². The van der Waals surface area contributed by atoms with Gasteiger partial charge in [-0.1, -0.05) is 51.4 Å². The van der Waals surface area contributed by atoms with E-state index in [9.17, 15) is 0 Å². The van der Waals surface area contributed by atoms with E-state index in [1.54, 1.807) is 0 Å². The van der Waals surface area contributed by atoms with E-state index in [4.69, 9.17) is 9.47 Å². The van der Waals surface area contributed by atoms with E-state index < -0.39 is 0 Å². The second-order valence-corrected chi connectivity index (χ2v) is 6.17. The highest BCUT2D eigenvalue weighted by Crippen LogP contribution is 2.28. The molecule has 0 radical (unpaired) electrons. The Morgan fingerprint density at radius 1 is 0.556 bits per heavy atom. The fourth-order valence-corrected chi connectivity index (χ4v) is 3.21. The van der Waals surface area contributed by atoms with Crippen LogP contribution in [0.2, 0.25) is 0 Å². The van der Waals surface area contributed by atoms with E-state index in [1.807, 2.05) is 0 Å². The summed E-state index contributed by atoms with van der Waals surface area (Å²) in [6.45, 7) is 4.30. The van der Waals surface area contributed by atoms with Crippen molar-refractivity contribution >= 4 is 0 Å². The zero-order valence-electron chi connectivity index (χ0n) is 12.2. The first kappa shape index (κ1) is 14.3. The first-order chi connectivity index (χ1) is 8.77. The standard InChI is InChI=1S/C16H30O2/c1-13-14(2)18-16-12-10-8-6-4-3-5-7-9-11-15(16)17-13/h13-16H,3-12H2,1-2H3. The van der Waals surface area contributed by atoms with E-state index in [1.165, 1.54) is 64.2 Å². The van der Waals surface area contributed by atoms with E-state index in [2.05, 4.69) is 13.8 Å². The second kappa shape index (κ2) is 7.49. The Morgan fingerprint density at radius 3 is 1.28 bits per heavy atom. The number of rotatable bonds is 0. The van der Waals surface area contributed by atoms with Crippen LogP contribution in [0.3, 0.4) is 0 Å². The molecule has 2 fully saturated rings. The van der Waals surface area contributed by atoms with Crippen LogP contribution in [0.1, 0.15) is 78.1 Å². The molecule has 2 nitrogen and oxygen atoms in total. The van der Waals surface area contributed by atoms with E-state index in [0.717, 1.165) is 0 Å². The lowest BCUT2D eigenvalue weighted by Crippen LogP contribution is -2.46. The third-order valence-electron chi connectivity index (χ3n) is 4.58. The van der Waals surface area contributed by atoms with Crippen molar-refractivity contribution < 1.29 is 9.47 Å². The van der Waals surface area contributed by atoms with Crippen LogP contribution in [-0.2, 0) is 9.47 Å². The maximum atomic E-state index is 6.18. The van der Waals surface area contributed by atoms with Crippen molar-refractivity contribution in [2.75, 3.05) is 0 Å². The highest BCUT2D eigenvalue weighted by Gasteiger charge is 2.33. The fourth-order valence-electron chi connectivity index (χ4n) is 3.21. The van der Waals surface area contributed by atoms with Crippen LogP contribution in [0, 0.1) is 0 Å². The lowest BCUT2D eigenvalue weighted by Gasteiger charge is -2.40. The van der Waals surface area contributed by atoms with E-state index in [-0.39, 0.29) is 12.2 Å². The summed E-state index contributed by atoms with van der Waals surface area (Å²) in [7, 11) is 0. The van der Waals surface area contributed by atoms with Gasteiger partial charge in [0.05, 0.1) is 24.4 Å². The molecule has 106 valence electrons. The maximum absolute atomic E-state index is 6.18. The summed E-state index contributed by atoms with van der Waals surface area (Å²) >= 11 is 0. The van der Waals surface area contributed by atoms with Gasteiger partial charge in [-0.25, -0.2) is 0 Å². The largest absolute Gasteiger partial charge is 0.370 e. The molecule has 2 rings (SSSR count). The van der Waals surface area contributed by atoms with Crippen LogP contribution in [0.15, 0.2) is 0 Å². The summed E-state index contributed by atoms with van der Waals surface area (Å²) in [5.41, 5.74) is 0. The van der Waals surface area contributed by atoms with Crippen LogP contribution >= 0.6 is 0 Å². The predicted octanol–water partition coefficient (Wildman–Crippen LogP) is 4.46. The molecule has 0 spiro atoms. The summed E-state index contributed by atoms with van der Waals surface area (Å²) in [5, 5.41) is 0. The molecule has 1 aliphatic carbocycles. The highest BCUT2D eigenvalue weighted by atomic mass is 16.6. The van der Waals surface area contributed by atoms with Crippen LogP contribution in [0.5, 0.6) is 0 Å². The molecule has 0 bridgehead atoms. The molecule has 0 aromatic carbocycles. The average molecular weight is 254 g/mol. The highest BCUT2D eigenvalue weighted by molar-refractivity contribution is 4.80. The number of fused-ring (bicyclic) bond motifs is 1. The van der Waals surface area contributed by atoms with Crippen LogP contribution in [-0.4, -0.2) is 24.4 Å². The topological polar surface area (TPSA) is 18.5 Å². The van der Waals surface area contributed by atoms with Gasteiger partial charge >= 0.3 is 0 Å². The number of hydrogen-bond acceptors (Lipinski definition) is 2. The van der Waals surface area contributed by atoms with Gasteiger partial charge < -0.3 is 9.47 Å². The molecule has 0 aromatic heterocycles. The summed E-state index contributed by atoms with van der Waals surface area (Å²) in [5.74, 6) is 0. The van der Waals surface area contributed by atoms with Crippen molar-refractivity contribution in [3.63, 3.8) is 0 Å². The fraction of sp³-hybridized carbons (Fsp3) is 1.00. The molecule has 0 N–H and O–H groups in total. The molecule has 4 atom stereocenters. The lowest BCUT2D eigenvalue weighted by atomic mass is 9.96. The monoisotopic (exact) mass is 254 g/mol. The SMILES string of the molecule is CC1OC2CCCCCCCCCCC2OC1C. The van der Waals surface area contributed by atoms with Crippen LogP contribution < -0.4 is 0 Å². The maximum Gasteiger partial charge on any atom is 0.0841 e. The summed E-state index contributed by atoms with van der Waals surface area (Å²) < 4.78 is 12.4. The molecular formula is C16H30O2. The van der Waals surface area contributed by atoms with E-state index in [0.29, 0.717) is 12.2 Å². The summed E-state index contributed by atoms with van der Waals surface area (Å²) in [6, 6.07) is 0. The summed E-state index contributed by atoms with van der Waals surface area (Å²) in [4.78, 5) is 0. The molecule has 1 aliphatic heterocycles. The van der Waals surface area contributed by atoms with Gasteiger partial charge in [-0.3, -0.25) is 0 Å². The van der Waals surface area contributed by atoms with Crippen molar-refractivity contribution in [2.24, 2.45) is 0 Å². The van der Waals surface area contributed by atoms with Crippen LogP contribution in [0.25, 0.3) is 0 Å². The van der Waals surface area contributed by atoms with Crippen molar-refractivity contribution in [1.29, 1.82) is 0 Å². The number of hydrogen-bond donors (Lipinski definition) is 0. The first-order valence-electron chi connectivity index (χ1n) is 8.08. The zero-order valence-corrected chi connectivity index (χ0v) is 12.2. The van der Waals surface area contributed by atoms with E-state index >= 15 is 0 Å². The van der Waals surface area contributed by atoms with Crippen molar-refractivity contribution in [3.05, 3.63) is 0 Å². The Morgan fingerprint density at radius 2 is 0.889 bits per heavy atom. The molecule has 1 saturated carbocycles. The van der Waals surface area contributed by atoms with Gasteiger partial charge in [0.25, 0.3) is 0 Å². The Hall–Kier alpha value is -0.0800. The Kier molecular flexibility index (Phi) is 5.97. The van der Waals surface area contributed by atoms with Crippen molar-refractivity contribution in [1.82, 2.24) is 0 Å². The minimum absolute atomic E-state index is 0.263. The smallest absolute Gasteiger partial charge is 0.0841 e. The molecular weight excluding hydrogens is 224 g/mol. The Labute approximate surface area is 112 Å². The van der Waals surface area contributed by atoms with Gasteiger partial charge in [-0.05, 0) is 26.7 Å². The molecule has 1 saturated heterocycles. The minimum atomic E-state index is 0.263. The third kappa shape index (κ3) is 4.24. The Bertz CT molecular complexity index is 205. The molecule has 18 heavy (non-hydrogen) atoms. The number of ether oxygens (including phenoxy) is 2. The second-order valence-electron chi connectivity index (χ2n) is 6.17. The van der Waals surface area contributed by atoms with Gasteiger partial charge in [-0.2, -0.15) is 0 Å². The molecule has 2 heteroatoms. The molecule has 0 amide bonds. The lowest BCUT2D eigenvalue weighted by molar-refractivity contribution is -0.213. The summed E-state index contributed by atoms with van der Waals surface area (Å²) in [6.07, 6.45) is 14.7. The van der Waals surface area contributed by atoms with Crippen molar-refractivity contribution in [2.45, 2.75) is 102 Å². The van der Waals surface area contributed by atoms with Gasteiger partial charge in [0.2, 0.25) is 0 Å². The average Bonchev–Trinajstić information content (AvgIpc) is 2.34. The van der Waals surface area contributed by atoms with Gasteiger partial charge in [-0.15, -0.1) is 0 Å². The molecule has 1 heterocycles. The van der Waals surface area contributed by atoms with Gasteiger partial charge in [0, 0.05) is 0 Å². The molecule has 4 unspecified atom stereocenters.